The van der Waals surface area contributed by atoms with Crippen LogP contribution in [0.1, 0.15) is 10.4 Å². The Hall–Kier alpha value is -2.35. The molecule has 2 aromatic rings. The Morgan fingerprint density at radius 2 is 2.10 bits per heavy atom. The lowest BCUT2D eigenvalue weighted by molar-refractivity contribution is 0.0696. The second kappa shape index (κ2) is 6.40. The lowest BCUT2D eigenvalue weighted by Crippen LogP contribution is -2.04. The second-order valence-electron chi connectivity index (χ2n) is 3.97. The van der Waals surface area contributed by atoms with E-state index in [9.17, 15) is 13.6 Å². The Bertz CT molecular complexity index is 668. The topological polar surface area (TPSA) is 88.2 Å². The Morgan fingerprint density at radius 1 is 1.38 bits per heavy atom. The molecule has 0 fully saturated rings. The third kappa shape index (κ3) is 3.82. The number of aromatic carboxylic acids is 1. The van der Waals surface area contributed by atoms with Crippen molar-refractivity contribution in [2.75, 3.05) is 11.1 Å². The van der Waals surface area contributed by atoms with Gasteiger partial charge in [-0.15, -0.1) is 0 Å². The maximum atomic E-state index is 12.5. The zero-order chi connectivity index (χ0) is 15.4. The van der Waals surface area contributed by atoms with Crippen LogP contribution in [-0.4, -0.2) is 21.8 Å². The Balaban J connectivity index is 2.28. The van der Waals surface area contributed by atoms with Crippen LogP contribution in [0.5, 0.6) is 0 Å². The van der Waals surface area contributed by atoms with Crippen molar-refractivity contribution in [2.24, 2.45) is 0 Å². The summed E-state index contributed by atoms with van der Waals surface area (Å²) in [5.41, 5.74) is 6.21. The third-order valence-electron chi connectivity index (χ3n) is 2.52. The van der Waals surface area contributed by atoms with Gasteiger partial charge in [0, 0.05) is 11.1 Å². The molecule has 1 aromatic heterocycles. The smallest absolute Gasteiger partial charge is 0.337 e. The molecule has 0 aliphatic carbocycles. The summed E-state index contributed by atoms with van der Waals surface area (Å²) in [6, 6.07) is 7.72. The minimum atomic E-state index is -2.55. The average Bonchev–Trinajstić information content (AvgIpc) is 2.42. The predicted octanol–water partition coefficient (Wildman–Crippen LogP) is 3.42. The molecule has 1 heterocycles. The number of hydrogen-bond acceptors (Lipinski definition) is 5. The van der Waals surface area contributed by atoms with Gasteiger partial charge in [-0.1, -0.05) is 23.9 Å². The number of nitrogens with zero attached hydrogens (tertiary/aromatic N) is 1. The predicted molar refractivity (Wildman–Crippen MR) is 77.2 cm³/mol. The number of carboxylic acids is 1. The van der Waals surface area contributed by atoms with Crippen LogP contribution < -0.4 is 11.1 Å². The van der Waals surface area contributed by atoms with Crippen molar-refractivity contribution in [1.29, 1.82) is 0 Å². The number of alkyl halides is 2. The van der Waals surface area contributed by atoms with E-state index in [0.717, 1.165) is 6.20 Å². The normalized spacial score (nSPS) is 10.6. The van der Waals surface area contributed by atoms with E-state index in [0.29, 0.717) is 22.3 Å². The van der Waals surface area contributed by atoms with Gasteiger partial charge in [0.15, 0.2) is 5.82 Å². The number of carboxylic acid groups (broad SMARTS) is 1. The fourth-order valence-electron chi connectivity index (χ4n) is 1.60. The number of aromatic nitrogens is 1. The highest BCUT2D eigenvalue weighted by atomic mass is 32.2. The molecule has 0 radical (unpaired) electrons. The number of benzene rings is 1. The minimum absolute atomic E-state index is 0.0479. The van der Waals surface area contributed by atoms with Gasteiger partial charge < -0.3 is 16.2 Å². The van der Waals surface area contributed by atoms with Crippen molar-refractivity contribution in [3.8, 4) is 0 Å². The van der Waals surface area contributed by atoms with E-state index in [1.54, 1.807) is 24.3 Å². The maximum absolute atomic E-state index is 12.5. The third-order valence-corrected chi connectivity index (χ3v) is 3.31. The fraction of sp³-hybridized carbons (Fsp3) is 0.0769. The number of nitrogens with one attached hydrogen (secondary N) is 1. The van der Waals surface area contributed by atoms with Crippen LogP contribution in [0.25, 0.3) is 0 Å². The van der Waals surface area contributed by atoms with E-state index in [4.69, 9.17) is 10.8 Å². The first-order chi connectivity index (χ1) is 9.97. The molecule has 110 valence electrons. The highest BCUT2D eigenvalue weighted by Crippen LogP contribution is 2.33. The molecule has 0 unspecified atom stereocenters. The first kappa shape index (κ1) is 15.0. The van der Waals surface area contributed by atoms with Crippen molar-refractivity contribution < 1.29 is 18.7 Å². The van der Waals surface area contributed by atoms with Crippen LogP contribution in [0.3, 0.4) is 0 Å². The summed E-state index contributed by atoms with van der Waals surface area (Å²) in [6.07, 6.45) is 1.14. The van der Waals surface area contributed by atoms with E-state index < -0.39 is 11.7 Å². The number of halogens is 2. The molecule has 0 spiro atoms. The molecular weight excluding hydrogens is 300 g/mol. The molecule has 5 nitrogen and oxygen atoms in total. The lowest BCUT2D eigenvalue weighted by Gasteiger charge is -2.12. The Labute approximate surface area is 123 Å². The first-order valence-electron chi connectivity index (χ1n) is 5.77. The first-order valence-corrected chi connectivity index (χ1v) is 6.65. The summed E-state index contributed by atoms with van der Waals surface area (Å²) in [5.74, 6) is -3.48. The van der Waals surface area contributed by atoms with Crippen molar-refractivity contribution in [3.63, 3.8) is 0 Å². The van der Waals surface area contributed by atoms with E-state index in [-0.39, 0.29) is 17.1 Å². The molecule has 2 rings (SSSR count). The molecule has 0 bridgehead atoms. The van der Waals surface area contributed by atoms with Gasteiger partial charge >= 0.3 is 5.97 Å². The van der Waals surface area contributed by atoms with E-state index >= 15 is 0 Å². The largest absolute Gasteiger partial charge is 0.478 e. The summed E-state index contributed by atoms with van der Waals surface area (Å²) >= 11 is 0.400. The molecule has 0 amide bonds. The van der Waals surface area contributed by atoms with Crippen LogP contribution >= 0.6 is 11.8 Å². The van der Waals surface area contributed by atoms with Crippen LogP contribution in [0, 0.1) is 0 Å². The molecular formula is C13H11F2N3O2S. The zero-order valence-corrected chi connectivity index (χ0v) is 11.4. The van der Waals surface area contributed by atoms with Crippen LogP contribution in [0.4, 0.5) is 26.0 Å². The summed E-state index contributed by atoms with van der Waals surface area (Å²) in [5, 5.41) is 11.7. The van der Waals surface area contributed by atoms with Crippen molar-refractivity contribution in [1.82, 2.24) is 4.98 Å². The highest BCUT2D eigenvalue weighted by Gasteiger charge is 2.12. The Morgan fingerprint density at radius 3 is 2.71 bits per heavy atom. The lowest BCUT2D eigenvalue weighted by atomic mass is 10.2. The second-order valence-corrected chi connectivity index (χ2v) is 5.00. The summed E-state index contributed by atoms with van der Waals surface area (Å²) < 4.78 is 25.0. The van der Waals surface area contributed by atoms with Crippen LogP contribution in [0.15, 0.2) is 41.4 Å². The summed E-state index contributed by atoms with van der Waals surface area (Å²) in [6.45, 7) is 0. The summed E-state index contributed by atoms with van der Waals surface area (Å²) in [4.78, 5) is 15.0. The molecule has 1 aromatic carbocycles. The molecule has 4 N–H and O–H groups in total. The van der Waals surface area contributed by atoms with Crippen molar-refractivity contribution in [2.45, 2.75) is 10.7 Å². The van der Waals surface area contributed by atoms with Crippen LogP contribution in [0.2, 0.25) is 0 Å². The van der Waals surface area contributed by atoms with Gasteiger partial charge in [0.2, 0.25) is 0 Å². The average molecular weight is 311 g/mol. The maximum Gasteiger partial charge on any atom is 0.337 e. The number of nitrogens with two attached hydrogens (primary N) is 1. The van der Waals surface area contributed by atoms with Crippen molar-refractivity contribution in [3.05, 3.63) is 42.1 Å². The van der Waals surface area contributed by atoms with Gasteiger partial charge in [0.1, 0.15) is 0 Å². The van der Waals surface area contributed by atoms with Gasteiger partial charge in [-0.25, -0.2) is 9.78 Å². The fourth-order valence-corrected chi connectivity index (χ4v) is 2.19. The molecule has 8 heteroatoms. The molecule has 0 aliphatic heterocycles. The van der Waals surface area contributed by atoms with Gasteiger partial charge in [0.25, 0.3) is 5.76 Å². The number of rotatable bonds is 5. The van der Waals surface area contributed by atoms with Gasteiger partial charge in [-0.05, 0) is 18.2 Å². The molecule has 21 heavy (non-hydrogen) atoms. The van der Waals surface area contributed by atoms with E-state index in [2.05, 4.69) is 10.3 Å². The van der Waals surface area contributed by atoms with E-state index in [1.807, 2.05) is 0 Å². The Kier molecular flexibility index (Phi) is 4.59. The minimum Gasteiger partial charge on any atom is -0.478 e. The SMILES string of the molecule is Nc1cc(C(=O)O)cnc1Nc1ccccc1SC(F)F. The van der Waals surface area contributed by atoms with Crippen molar-refractivity contribution >= 4 is 34.9 Å². The quantitative estimate of drug-likeness (QED) is 0.733. The number of thioether (sulfide) groups is 1. The zero-order valence-electron chi connectivity index (χ0n) is 10.6. The van der Waals surface area contributed by atoms with Gasteiger partial charge in [0.05, 0.1) is 16.9 Å². The number of carbonyl (C=O) groups is 1. The number of pyridine rings is 1. The van der Waals surface area contributed by atoms with Crippen LogP contribution in [-0.2, 0) is 0 Å². The molecule has 0 atom stereocenters. The van der Waals surface area contributed by atoms with Gasteiger partial charge in [-0.2, -0.15) is 8.78 Å². The molecule has 0 aliphatic rings. The molecule has 0 saturated carbocycles. The number of hydrogen-bond donors (Lipinski definition) is 3. The van der Waals surface area contributed by atoms with Gasteiger partial charge in [-0.3, -0.25) is 0 Å². The summed E-state index contributed by atoms with van der Waals surface area (Å²) in [7, 11) is 0. The molecule has 0 saturated heterocycles. The number of nitrogen functional groups attached to an aromatic ring is 1. The monoisotopic (exact) mass is 311 g/mol. The number of anilines is 3. The number of para-hydroxylation sites is 1. The highest BCUT2D eigenvalue weighted by molar-refractivity contribution is 7.99. The van der Waals surface area contributed by atoms with E-state index in [1.165, 1.54) is 6.07 Å². The standard InChI is InChI=1S/C13H11F2N3O2S/c14-13(15)21-10-4-2-1-3-9(10)18-11-8(16)5-7(6-17-11)12(19)20/h1-6,13H,16H2,(H,17,18)(H,19,20).